The van der Waals surface area contributed by atoms with E-state index in [4.69, 9.17) is 37.0 Å². The van der Waals surface area contributed by atoms with Gasteiger partial charge in [-0.3, -0.25) is 37.3 Å². The molecule has 0 radical (unpaired) electrons. The molecule has 0 aromatic heterocycles. The number of hydrogen-bond donors (Lipinski definition) is 3. The maximum Gasteiger partial charge on any atom is 0.472 e. The number of aliphatic hydroxyl groups is 1. The van der Waals surface area contributed by atoms with Gasteiger partial charge in [0.25, 0.3) is 0 Å². The van der Waals surface area contributed by atoms with Gasteiger partial charge in [-0.15, -0.1) is 0 Å². The minimum absolute atomic E-state index is 0.107. The van der Waals surface area contributed by atoms with Crippen molar-refractivity contribution in [2.24, 2.45) is 5.92 Å². The number of carbonyl (C=O) groups excluding carboxylic acids is 4. The number of rotatable bonds is 79. The Morgan fingerprint density at radius 1 is 0.276 bits per heavy atom. The molecule has 19 heteroatoms. The second-order valence-corrected chi connectivity index (χ2v) is 31.8. The van der Waals surface area contributed by atoms with Crippen molar-refractivity contribution in [1.29, 1.82) is 0 Å². The summed E-state index contributed by atoms with van der Waals surface area (Å²) in [6.45, 7) is 7.31. The molecule has 0 bridgehead atoms. The summed E-state index contributed by atoms with van der Waals surface area (Å²) in [5.41, 5.74) is 0. The number of esters is 4. The molecule has 0 saturated carbocycles. The fourth-order valence-electron chi connectivity index (χ4n) is 12.2. The Hall–Kier alpha value is -1.94. The molecule has 0 aliphatic carbocycles. The highest BCUT2D eigenvalue weighted by Gasteiger charge is 2.30. The fraction of sp³-hybridized carbons (Fsp3) is 0.949. The van der Waals surface area contributed by atoms with Gasteiger partial charge in [0.05, 0.1) is 26.4 Å². The smallest absolute Gasteiger partial charge is 0.462 e. The van der Waals surface area contributed by atoms with Gasteiger partial charge in [0.1, 0.15) is 19.3 Å². The topological polar surface area (TPSA) is 237 Å². The molecule has 0 aromatic rings. The van der Waals surface area contributed by atoms with E-state index in [9.17, 15) is 43.2 Å². The quantitative estimate of drug-likeness (QED) is 0.0222. The Morgan fingerprint density at radius 2 is 0.469 bits per heavy atom. The van der Waals surface area contributed by atoms with Crippen LogP contribution in [-0.4, -0.2) is 96.7 Å². The lowest BCUT2D eigenvalue weighted by Gasteiger charge is -2.21. The van der Waals surface area contributed by atoms with E-state index in [2.05, 4.69) is 34.6 Å². The van der Waals surface area contributed by atoms with Crippen LogP contribution in [0.2, 0.25) is 0 Å². The van der Waals surface area contributed by atoms with Crippen molar-refractivity contribution in [2.75, 3.05) is 39.6 Å². The molecule has 0 amide bonds. The molecule has 5 atom stereocenters. The first-order valence-corrected chi connectivity index (χ1v) is 44.1. The predicted octanol–water partition coefficient (Wildman–Crippen LogP) is 23.6. The maximum absolute atomic E-state index is 13.1. The molecule has 582 valence electrons. The van der Waals surface area contributed by atoms with Gasteiger partial charge in [0, 0.05) is 25.7 Å². The highest BCUT2D eigenvalue weighted by atomic mass is 31.2. The monoisotopic (exact) mass is 1440 g/mol. The third kappa shape index (κ3) is 72.4. The van der Waals surface area contributed by atoms with Crippen LogP contribution in [-0.2, 0) is 65.4 Å². The molecule has 2 unspecified atom stereocenters. The van der Waals surface area contributed by atoms with Gasteiger partial charge in [-0.1, -0.05) is 369 Å². The molecule has 17 nitrogen and oxygen atoms in total. The van der Waals surface area contributed by atoms with Crippen LogP contribution < -0.4 is 0 Å². The first-order chi connectivity index (χ1) is 47.5. The van der Waals surface area contributed by atoms with E-state index < -0.39 is 97.5 Å². The minimum atomic E-state index is -4.96. The SMILES string of the molecule is CCCCCCCCCCCCCCCCCCCCCCCC(=O)O[C@H](COC(=O)CCCCCCCCCCCCCCCCC(C)C)COP(=O)(O)OC[C@@H](O)COP(=O)(O)OC[C@@H](COC(=O)CCCCCCCCCCC)OC(=O)CCCCCCCCCCCCC. The van der Waals surface area contributed by atoms with Gasteiger partial charge in [0.15, 0.2) is 12.2 Å². The van der Waals surface area contributed by atoms with Gasteiger partial charge >= 0.3 is 39.5 Å². The van der Waals surface area contributed by atoms with E-state index >= 15 is 0 Å². The van der Waals surface area contributed by atoms with Crippen LogP contribution in [0.5, 0.6) is 0 Å². The Bertz CT molecular complexity index is 1870. The molecule has 98 heavy (non-hydrogen) atoms. The second-order valence-electron chi connectivity index (χ2n) is 28.9. The molecule has 0 rings (SSSR count). The van der Waals surface area contributed by atoms with Crippen molar-refractivity contribution in [1.82, 2.24) is 0 Å². The maximum atomic E-state index is 13.1. The number of ether oxygens (including phenoxy) is 4. The van der Waals surface area contributed by atoms with Crippen LogP contribution in [0.4, 0.5) is 0 Å². The molecular weight excluding hydrogens is 1280 g/mol. The van der Waals surface area contributed by atoms with Gasteiger partial charge in [0.2, 0.25) is 0 Å². The van der Waals surface area contributed by atoms with Crippen LogP contribution in [0, 0.1) is 5.92 Å². The van der Waals surface area contributed by atoms with Crippen LogP contribution in [0.25, 0.3) is 0 Å². The Morgan fingerprint density at radius 3 is 0.694 bits per heavy atom. The number of unbranched alkanes of at least 4 members (excludes halogenated alkanes) is 51. The summed E-state index contributed by atoms with van der Waals surface area (Å²) in [6, 6.07) is 0. The van der Waals surface area contributed by atoms with Crippen molar-refractivity contribution >= 4 is 39.5 Å². The molecule has 0 fully saturated rings. The van der Waals surface area contributed by atoms with E-state index in [1.54, 1.807) is 0 Å². The number of hydrogen-bond acceptors (Lipinski definition) is 15. The van der Waals surface area contributed by atoms with Crippen molar-refractivity contribution in [3.05, 3.63) is 0 Å². The van der Waals surface area contributed by atoms with Crippen molar-refractivity contribution < 1.29 is 80.2 Å². The Balaban J connectivity index is 5.19. The molecule has 0 aliphatic rings. The zero-order valence-electron chi connectivity index (χ0n) is 63.9. The summed E-state index contributed by atoms with van der Waals surface area (Å²) in [4.78, 5) is 72.8. The van der Waals surface area contributed by atoms with Crippen LogP contribution in [0.1, 0.15) is 420 Å². The Labute approximate surface area is 600 Å². The van der Waals surface area contributed by atoms with Crippen LogP contribution >= 0.6 is 15.6 Å². The first-order valence-electron chi connectivity index (χ1n) is 41.1. The summed E-state index contributed by atoms with van der Waals surface area (Å²) in [5.74, 6) is -1.31. The van der Waals surface area contributed by atoms with Crippen molar-refractivity contribution in [3.8, 4) is 0 Å². The summed E-state index contributed by atoms with van der Waals surface area (Å²) in [5, 5.41) is 10.6. The van der Waals surface area contributed by atoms with Crippen molar-refractivity contribution in [3.63, 3.8) is 0 Å². The van der Waals surface area contributed by atoms with Gasteiger partial charge in [-0.05, 0) is 31.6 Å². The van der Waals surface area contributed by atoms with E-state index in [0.717, 1.165) is 95.8 Å². The zero-order valence-corrected chi connectivity index (χ0v) is 65.7. The highest BCUT2D eigenvalue weighted by Crippen LogP contribution is 2.45. The average molecular weight is 1440 g/mol. The lowest BCUT2D eigenvalue weighted by molar-refractivity contribution is -0.161. The standard InChI is InChI=1S/C79H154O17P2/c1-6-9-12-15-18-21-23-24-25-26-27-28-29-30-31-36-40-45-50-55-60-65-79(84)96-75(69-90-77(82)63-58-53-48-43-39-35-33-32-34-38-42-46-51-56-61-72(4)5)71-94-98(87,88)92-67-73(80)66-91-97(85,86)93-70-74(68-89-76(81)62-57-52-47-41-20-17-14-11-8-3)95-78(83)64-59-54-49-44-37-22-19-16-13-10-7-2/h72-75,80H,6-71H2,1-5H3,(H,85,86)(H,87,88)/t73-,74+,75+/m0/s1. The lowest BCUT2D eigenvalue weighted by Crippen LogP contribution is -2.30. The summed E-state index contributed by atoms with van der Waals surface area (Å²) < 4.78 is 68.6. The predicted molar refractivity (Wildman–Crippen MR) is 400 cm³/mol. The number of phosphoric ester groups is 2. The van der Waals surface area contributed by atoms with E-state index in [0.29, 0.717) is 25.7 Å². The fourth-order valence-corrected chi connectivity index (χ4v) is 13.8. The summed E-state index contributed by atoms with van der Waals surface area (Å²) in [7, 11) is -9.91. The molecule has 0 aliphatic heterocycles. The molecule has 0 spiro atoms. The Kier molecular flexibility index (Phi) is 70.6. The normalized spacial score (nSPS) is 13.9. The molecule has 3 N–H and O–H groups in total. The third-order valence-corrected chi connectivity index (χ3v) is 20.4. The number of phosphoric acid groups is 2. The molecule has 0 heterocycles. The van der Waals surface area contributed by atoms with Crippen LogP contribution in [0.3, 0.4) is 0 Å². The van der Waals surface area contributed by atoms with Gasteiger partial charge in [-0.2, -0.15) is 0 Å². The average Bonchev–Trinajstić information content (AvgIpc) is 1.14. The van der Waals surface area contributed by atoms with Crippen LogP contribution in [0.15, 0.2) is 0 Å². The van der Waals surface area contributed by atoms with E-state index in [1.165, 1.54) is 244 Å². The van der Waals surface area contributed by atoms with E-state index in [1.807, 2.05) is 0 Å². The van der Waals surface area contributed by atoms with Gasteiger partial charge in [-0.25, -0.2) is 9.13 Å². The van der Waals surface area contributed by atoms with Gasteiger partial charge < -0.3 is 33.8 Å². The summed E-state index contributed by atoms with van der Waals surface area (Å²) in [6.07, 6.45) is 62.5. The summed E-state index contributed by atoms with van der Waals surface area (Å²) >= 11 is 0. The minimum Gasteiger partial charge on any atom is -0.462 e. The van der Waals surface area contributed by atoms with Crippen molar-refractivity contribution in [2.45, 2.75) is 438 Å². The highest BCUT2D eigenvalue weighted by molar-refractivity contribution is 7.47. The molecule has 0 aromatic carbocycles. The first kappa shape index (κ1) is 96.1. The second kappa shape index (κ2) is 72.0. The number of aliphatic hydroxyl groups excluding tert-OH is 1. The molecule has 0 saturated heterocycles. The van der Waals surface area contributed by atoms with E-state index in [-0.39, 0.29) is 25.7 Å². The third-order valence-electron chi connectivity index (χ3n) is 18.5. The number of carbonyl (C=O) groups is 4. The molecular formula is C79H154O17P2. The zero-order chi connectivity index (χ0) is 71.9. The largest absolute Gasteiger partial charge is 0.472 e. The lowest BCUT2D eigenvalue weighted by atomic mass is 10.0.